The molecule has 6 nitrogen and oxygen atoms in total. The number of hydrogen-bond acceptors (Lipinski definition) is 6. The maximum Gasteiger partial charge on any atom is 0.174 e. The first-order chi connectivity index (χ1) is 14.5. The number of hydrogen-bond donors (Lipinski definition) is 4. The molecular weight excluding hydrogens is 396 g/mol. The number of ketones is 1. The summed E-state index contributed by atoms with van der Waals surface area (Å²) in [5.74, 6) is -0.750. The molecule has 0 bridgehead atoms. The number of carbonyl (C=O) groups is 1. The average Bonchev–Trinajstić information content (AvgIpc) is 2.65. The van der Waals surface area contributed by atoms with Gasteiger partial charge in [-0.25, -0.2) is 0 Å². The fourth-order valence-corrected chi connectivity index (χ4v) is 3.95. The maximum atomic E-state index is 12.9. The molecule has 0 saturated carbocycles. The number of para-hydroxylation sites is 1. The molecule has 0 amide bonds. The number of phenols is 3. The molecule has 166 valence electrons. The van der Waals surface area contributed by atoms with Gasteiger partial charge in [0.1, 0.15) is 34.7 Å². The van der Waals surface area contributed by atoms with Gasteiger partial charge in [-0.3, -0.25) is 4.79 Å². The summed E-state index contributed by atoms with van der Waals surface area (Å²) in [6.07, 6.45) is 0.725. The first-order valence-electron chi connectivity index (χ1n) is 10.4. The number of carbonyl (C=O) groups excluding carboxylic acids is 1. The van der Waals surface area contributed by atoms with Crippen molar-refractivity contribution in [1.82, 2.24) is 0 Å². The van der Waals surface area contributed by atoms with Crippen LogP contribution in [0, 0.1) is 5.92 Å². The van der Waals surface area contributed by atoms with E-state index >= 15 is 0 Å². The molecule has 2 aromatic carbocycles. The molecule has 1 aliphatic heterocycles. The zero-order chi connectivity index (χ0) is 22.9. The zero-order valence-corrected chi connectivity index (χ0v) is 18.2. The summed E-state index contributed by atoms with van der Waals surface area (Å²) in [4.78, 5) is 12.9. The van der Waals surface area contributed by atoms with E-state index in [0.29, 0.717) is 30.4 Å². The van der Waals surface area contributed by atoms with Crippen molar-refractivity contribution in [3.63, 3.8) is 0 Å². The van der Waals surface area contributed by atoms with Crippen LogP contribution in [-0.4, -0.2) is 31.8 Å². The number of allylic oxidation sites excluding steroid dienone is 1. The number of Topliss-reactive ketones (excluding diaryl/α,β-unsaturated/α-hetero) is 1. The summed E-state index contributed by atoms with van der Waals surface area (Å²) < 4.78 is 6.11. The second-order valence-electron chi connectivity index (χ2n) is 8.99. The van der Waals surface area contributed by atoms with E-state index in [1.165, 1.54) is 12.1 Å². The smallest absolute Gasteiger partial charge is 0.174 e. The molecule has 0 aliphatic carbocycles. The van der Waals surface area contributed by atoms with Crippen molar-refractivity contribution in [3.05, 3.63) is 59.2 Å². The number of phenolic OH excluding ortho intramolecular Hbond substituents is 3. The van der Waals surface area contributed by atoms with E-state index in [1.807, 2.05) is 6.92 Å². The van der Waals surface area contributed by atoms with Crippen molar-refractivity contribution in [2.75, 3.05) is 0 Å². The maximum absolute atomic E-state index is 12.9. The van der Waals surface area contributed by atoms with Crippen molar-refractivity contribution in [1.29, 1.82) is 0 Å². The van der Waals surface area contributed by atoms with E-state index in [9.17, 15) is 25.2 Å². The Morgan fingerprint density at radius 2 is 1.87 bits per heavy atom. The van der Waals surface area contributed by atoms with Gasteiger partial charge in [-0.1, -0.05) is 30.4 Å². The normalized spacial score (nSPS) is 17.0. The lowest BCUT2D eigenvalue weighted by molar-refractivity contribution is 0.0650. The van der Waals surface area contributed by atoms with Gasteiger partial charge in [-0.05, 0) is 52.0 Å². The summed E-state index contributed by atoms with van der Waals surface area (Å²) in [5, 5.41) is 41.3. The van der Waals surface area contributed by atoms with Gasteiger partial charge in [0.05, 0.1) is 12.0 Å². The lowest BCUT2D eigenvalue weighted by Gasteiger charge is -2.30. The summed E-state index contributed by atoms with van der Waals surface area (Å²) in [7, 11) is 0. The molecule has 0 spiro atoms. The largest absolute Gasteiger partial charge is 0.508 e. The van der Waals surface area contributed by atoms with Crippen LogP contribution < -0.4 is 4.74 Å². The van der Waals surface area contributed by atoms with E-state index in [2.05, 4.69) is 6.58 Å². The third kappa shape index (κ3) is 5.02. The van der Waals surface area contributed by atoms with E-state index in [1.54, 1.807) is 32.0 Å². The molecule has 1 unspecified atom stereocenters. The van der Waals surface area contributed by atoms with Crippen LogP contribution in [0.25, 0.3) is 0 Å². The van der Waals surface area contributed by atoms with Gasteiger partial charge < -0.3 is 25.2 Å². The Kier molecular flexibility index (Phi) is 6.32. The molecule has 2 aromatic rings. The predicted molar refractivity (Wildman–Crippen MR) is 118 cm³/mol. The summed E-state index contributed by atoms with van der Waals surface area (Å²) >= 11 is 0. The highest BCUT2D eigenvalue weighted by atomic mass is 16.5. The van der Waals surface area contributed by atoms with Gasteiger partial charge in [0, 0.05) is 17.2 Å². The minimum atomic E-state index is -0.841. The Balaban J connectivity index is 2.01. The van der Waals surface area contributed by atoms with Crippen LogP contribution in [0.1, 0.15) is 67.6 Å². The quantitative estimate of drug-likeness (QED) is 0.474. The van der Waals surface area contributed by atoms with Crippen LogP contribution >= 0.6 is 0 Å². The van der Waals surface area contributed by atoms with Crippen molar-refractivity contribution in [2.24, 2.45) is 5.92 Å². The highest BCUT2D eigenvalue weighted by Gasteiger charge is 2.35. The van der Waals surface area contributed by atoms with Gasteiger partial charge in [0.2, 0.25) is 0 Å². The van der Waals surface area contributed by atoms with Crippen LogP contribution in [0.3, 0.4) is 0 Å². The van der Waals surface area contributed by atoms with Crippen LogP contribution in [0.4, 0.5) is 0 Å². The van der Waals surface area contributed by atoms with Crippen LogP contribution in [-0.2, 0) is 6.42 Å². The standard InChI is InChI=1S/C25H30O6/c1-14(2)15(9-10-25(3,4)30)11-17-19(27)12-20(28)23-21(29)13-22(31-24(17)23)16-7-5-6-8-18(16)26/h5-8,12,15,22,26-28,30H,1,9-11,13H2,2-4H3/t15?,22-/m0/s1. The molecule has 0 radical (unpaired) electrons. The first-order valence-corrected chi connectivity index (χ1v) is 10.4. The lowest BCUT2D eigenvalue weighted by atomic mass is 9.84. The molecule has 0 aromatic heterocycles. The van der Waals surface area contributed by atoms with Gasteiger partial charge in [-0.2, -0.15) is 0 Å². The molecule has 4 N–H and O–H groups in total. The van der Waals surface area contributed by atoms with Crippen LogP contribution in [0.2, 0.25) is 0 Å². The Hall–Kier alpha value is -2.99. The highest BCUT2D eigenvalue weighted by Crippen LogP contribution is 2.47. The molecule has 0 saturated heterocycles. The number of fused-ring (bicyclic) bond motifs is 1. The van der Waals surface area contributed by atoms with E-state index in [0.717, 1.165) is 5.57 Å². The zero-order valence-electron chi connectivity index (χ0n) is 18.2. The highest BCUT2D eigenvalue weighted by molar-refractivity contribution is 6.03. The monoisotopic (exact) mass is 426 g/mol. The minimum absolute atomic E-state index is 0.0136. The molecule has 2 atom stereocenters. The Morgan fingerprint density at radius 1 is 1.19 bits per heavy atom. The summed E-state index contributed by atoms with van der Waals surface area (Å²) in [5.41, 5.74) is 0.957. The molecule has 3 rings (SSSR count). The number of rotatable bonds is 7. The molecule has 6 heteroatoms. The fraction of sp³-hybridized carbons (Fsp3) is 0.400. The third-order valence-electron chi connectivity index (χ3n) is 5.79. The SMILES string of the molecule is C=C(C)C(CCC(C)(C)O)Cc1c(O)cc(O)c2c1O[C@H](c1ccccc1O)CC2=O. The topological polar surface area (TPSA) is 107 Å². The third-order valence-corrected chi connectivity index (χ3v) is 5.79. The minimum Gasteiger partial charge on any atom is -0.508 e. The van der Waals surface area contributed by atoms with Crippen molar-refractivity contribution >= 4 is 5.78 Å². The molecule has 31 heavy (non-hydrogen) atoms. The molecule has 0 fully saturated rings. The number of ether oxygens (including phenoxy) is 1. The Bertz CT molecular complexity index is 1000. The van der Waals surface area contributed by atoms with Crippen LogP contribution in [0.15, 0.2) is 42.5 Å². The Morgan fingerprint density at radius 3 is 2.48 bits per heavy atom. The Labute approximate surface area is 182 Å². The summed E-state index contributed by atoms with van der Waals surface area (Å²) in [6.45, 7) is 9.41. The second-order valence-corrected chi connectivity index (χ2v) is 8.99. The van der Waals surface area contributed by atoms with Gasteiger partial charge in [0.15, 0.2) is 5.78 Å². The number of benzene rings is 2. The number of aliphatic hydroxyl groups is 1. The van der Waals surface area contributed by atoms with Gasteiger partial charge >= 0.3 is 0 Å². The van der Waals surface area contributed by atoms with E-state index in [4.69, 9.17) is 4.74 Å². The fourth-order valence-electron chi connectivity index (χ4n) is 3.95. The predicted octanol–water partition coefficient (Wildman–Crippen LogP) is 4.80. The van der Waals surface area contributed by atoms with E-state index < -0.39 is 11.7 Å². The molecule has 1 aliphatic rings. The molecular formula is C25H30O6. The van der Waals surface area contributed by atoms with Gasteiger partial charge in [-0.15, -0.1) is 0 Å². The molecule has 1 heterocycles. The van der Waals surface area contributed by atoms with Gasteiger partial charge in [0.25, 0.3) is 0 Å². The second kappa shape index (κ2) is 8.63. The lowest BCUT2D eigenvalue weighted by Crippen LogP contribution is -2.23. The van der Waals surface area contributed by atoms with E-state index in [-0.39, 0.29) is 46.7 Å². The number of aromatic hydroxyl groups is 3. The van der Waals surface area contributed by atoms with Crippen molar-refractivity contribution < 1.29 is 30.0 Å². The van der Waals surface area contributed by atoms with Crippen molar-refractivity contribution in [3.8, 4) is 23.0 Å². The van der Waals surface area contributed by atoms with Crippen molar-refractivity contribution in [2.45, 2.75) is 58.2 Å². The first kappa shape index (κ1) is 22.7. The van der Waals surface area contributed by atoms with Crippen LogP contribution in [0.5, 0.6) is 23.0 Å². The summed E-state index contributed by atoms with van der Waals surface area (Å²) in [6, 6.07) is 7.79. The average molecular weight is 427 g/mol.